The number of ketones is 1. The van der Waals surface area contributed by atoms with Gasteiger partial charge < -0.3 is 14.6 Å². The van der Waals surface area contributed by atoms with E-state index in [0.29, 0.717) is 18.4 Å². The number of rotatable bonds is 10. The van der Waals surface area contributed by atoms with Gasteiger partial charge in [-0.2, -0.15) is 0 Å². The number of methoxy groups -OCH3 is 1. The lowest BCUT2D eigenvalue weighted by Gasteiger charge is -2.36. The molecule has 0 saturated carbocycles. The predicted octanol–water partition coefficient (Wildman–Crippen LogP) is 5.78. The molecule has 2 aromatic carbocycles. The molecule has 1 atom stereocenters. The van der Waals surface area contributed by atoms with Crippen molar-refractivity contribution in [3.63, 3.8) is 0 Å². The van der Waals surface area contributed by atoms with Crippen molar-refractivity contribution in [3.8, 4) is 16.9 Å². The van der Waals surface area contributed by atoms with E-state index in [1.165, 1.54) is 0 Å². The largest absolute Gasteiger partial charge is 0.497 e. The summed E-state index contributed by atoms with van der Waals surface area (Å²) in [6.45, 7) is 8.70. The topological polar surface area (TPSA) is 89.9 Å². The summed E-state index contributed by atoms with van der Waals surface area (Å²) in [5.74, 6) is -2.93. The van der Waals surface area contributed by atoms with Gasteiger partial charge >= 0.3 is 11.9 Å². The Morgan fingerprint density at radius 3 is 1.76 bits per heavy atom. The number of hydrogen-bond donors (Lipinski definition) is 1. The zero-order chi connectivity index (χ0) is 24.8. The van der Waals surface area contributed by atoms with Gasteiger partial charge in [0.2, 0.25) is 0 Å². The molecule has 2 aromatic rings. The Balaban J connectivity index is 2.29. The Hall–Kier alpha value is -3.15. The van der Waals surface area contributed by atoms with Crippen LogP contribution in [0.25, 0.3) is 11.1 Å². The molecule has 0 heterocycles. The van der Waals surface area contributed by atoms with E-state index in [-0.39, 0.29) is 12.2 Å². The molecule has 0 spiro atoms. The minimum absolute atomic E-state index is 0.0574. The quantitative estimate of drug-likeness (QED) is 0.278. The van der Waals surface area contributed by atoms with Crippen molar-refractivity contribution >= 4 is 17.7 Å². The lowest BCUT2D eigenvalue weighted by atomic mass is 9.67. The number of esters is 1. The molecule has 0 aliphatic carbocycles. The number of carboxylic acid groups (broad SMARTS) is 1. The van der Waals surface area contributed by atoms with Crippen LogP contribution >= 0.6 is 0 Å². The Morgan fingerprint density at radius 2 is 1.36 bits per heavy atom. The zero-order valence-corrected chi connectivity index (χ0v) is 20.3. The average molecular weight is 455 g/mol. The van der Waals surface area contributed by atoms with Gasteiger partial charge in [0.15, 0.2) is 11.7 Å². The molecule has 1 N–H and O–H groups in total. The van der Waals surface area contributed by atoms with Gasteiger partial charge in [-0.3, -0.25) is 14.4 Å². The van der Waals surface area contributed by atoms with Gasteiger partial charge in [0.1, 0.15) is 11.4 Å². The fraction of sp³-hybridized carbons (Fsp3) is 0.444. The average Bonchev–Trinajstić information content (AvgIpc) is 2.77. The second-order valence-electron chi connectivity index (χ2n) is 9.28. The van der Waals surface area contributed by atoms with Gasteiger partial charge in [-0.15, -0.1) is 0 Å². The van der Waals surface area contributed by atoms with Gasteiger partial charge in [-0.1, -0.05) is 50.2 Å². The number of carbonyl (C=O) groups excluding carboxylic acids is 2. The number of ether oxygens (including phenoxy) is 2. The summed E-state index contributed by atoms with van der Waals surface area (Å²) >= 11 is 0. The maximum absolute atomic E-state index is 13.2. The molecule has 0 aromatic heterocycles. The summed E-state index contributed by atoms with van der Waals surface area (Å²) < 4.78 is 10.6. The second kappa shape index (κ2) is 10.6. The molecule has 1 unspecified atom stereocenters. The molecule has 33 heavy (non-hydrogen) atoms. The third-order valence-corrected chi connectivity index (χ3v) is 6.05. The summed E-state index contributed by atoms with van der Waals surface area (Å²) in [5.41, 5.74) is 0.553. The molecule has 178 valence electrons. The van der Waals surface area contributed by atoms with Crippen LogP contribution in [0.2, 0.25) is 0 Å². The van der Waals surface area contributed by atoms with E-state index in [1.54, 1.807) is 40.0 Å². The van der Waals surface area contributed by atoms with Crippen LogP contribution < -0.4 is 4.74 Å². The molecule has 0 amide bonds. The minimum Gasteiger partial charge on any atom is -0.497 e. The fourth-order valence-corrected chi connectivity index (χ4v) is 4.04. The van der Waals surface area contributed by atoms with Crippen molar-refractivity contribution in [1.82, 2.24) is 0 Å². The van der Waals surface area contributed by atoms with E-state index in [4.69, 9.17) is 9.47 Å². The van der Waals surface area contributed by atoms with Gasteiger partial charge in [0.05, 0.1) is 7.11 Å². The van der Waals surface area contributed by atoms with E-state index in [2.05, 4.69) is 0 Å². The first kappa shape index (κ1) is 26.1. The predicted molar refractivity (Wildman–Crippen MR) is 127 cm³/mol. The summed E-state index contributed by atoms with van der Waals surface area (Å²) in [6.07, 6.45) is 0.656. The van der Waals surface area contributed by atoms with Crippen LogP contribution in [0.4, 0.5) is 0 Å². The first-order valence-electron chi connectivity index (χ1n) is 11.2. The highest BCUT2D eigenvalue weighted by molar-refractivity contribution is 6.00. The number of Topliss-reactive ketones (excluding diaryl/α,β-unsaturated/α-hetero) is 1. The highest BCUT2D eigenvalue weighted by atomic mass is 16.6. The Kier molecular flexibility index (Phi) is 8.42. The monoisotopic (exact) mass is 454 g/mol. The van der Waals surface area contributed by atoms with Crippen molar-refractivity contribution in [3.05, 3.63) is 54.1 Å². The summed E-state index contributed by atoms with van der Waals surface area (Å²) in [4.78, 5) is 38.1. The van der Waals surface area contributed by atoms with E-state index >= 15 is 0 Å². The van der Waals surface area contributed by atoms with Crippen LogP contribution in [0.15, 0.2) is 48.5 Å². The molecular formula is C27H34O6. The maximum atomic E-state index is 13.2. The van der Waals surface area contributed by atoms with Crippen LogP contribution in [0.5, 0.6) is 5.75 Å². The normalized spacial score (nSPS) is 12.7. The molecule has 2 rings (SSSR count). The summed E-state index contributed by atoms with van der Waals surface area (Å²) in [5, 5.41) is 9.90. The molecular weight excluding hydrogens is 420 g/mol. The van der Waals surface area contributed by atoms with E-state index in [9.17, 15) is 19.5 Å². The zero-order valence-electron chi connectivity index (χ0n) is 20.3. The molecule has 0 bridgehead atoms. The van der Waals surface area contributed by atoms with E-state index in [1.807, 2.05) is 50.2 Å². The molecule has 6 nitrogen and oxygen atoms in total. The standard InChI is InChI=1S/C27H34O6/c1-7-27(8-2,23(24(29)30)25(31)33-26(3,4)5)17-22(28)20-11-9-18(10-12-20)19-13-15-21(32-6)16-14-19/h9-16,23H,7-8,17H2,1-6H3,(H,29,30). The van der Waals surface area contributed by atoms with Gasteiger partial charge in [-0.05, 0) is 56.9 Å². The number of aliphatic carboxylic acids is 1. The molecule has 0 radical (unpaired) electrons. The van der Waals surface area contributed by atoms with Crippen LogP contribution in [-0.4, -0.2) is 35.5 Å². The first-order chi connectivity index (χ1) is 15.5. The molecule has 0 aliphatic rings. The lowest BCUT2D eigenvalue weighted by molar-refractivity contribution is -0.173. The lowest BCUT2D eigenvalue weighted by Crippen LogP contribution is -2.45. The maximum Gasteiger partial charge on any atom is 0.321 e. The summed E-state index contributed by atoms with van der Waals surface area (Å²) in [6, 6.07) is 14.8. The van der Waals surface area contributed by atoms with Crippen molar-refractivity contribution < 1.29 is 29.0 Å². The van der Waals surface area contributed by atoms with Crippen molar-refractivity contribution in [2.24, 2.45) is 11.3 Å². The Morgan fingerprint density at radius 1 is 0.879 bits per heavy atom. The molecule has 0 aliphatic heterocycles. The van der Waals surface area contributed by atoms with Crippen molar-refractivity contribution in [1.29, 1.82) is 0 Å². The Bertz CT molecular complexity index is 963. The molecule has 0 saturated heterocycles. The highest BCUT2D eigenvalue weighted by Crippen LogP contribution is 2.41. The van der Waals surface area contributed by atoms with Crippen LogP contribution in [0, 0.1) is 11.3 Å². The van der Waals surface area contributed by atoms with E-state index < -0.39 is 28.9 Å². The molecule has 0 fully saturated rings. The minimum atomic E-state index is -1.42. The first-order valence-corrected chi connectivity index (χ1v) is 11.2. The number of carboxylic acids is 1. The van der Waals surface area contributed by atoms with Crippen LogP contribution in [-0.2, 0) is 14.3 Å². The smallest absolute Gasteiger partial charge is 0.321 e. The van der Waals surface area contributed by atoms with E-state index in [0.717, 1.165) is 16.9 Å². The van der Waals surface area contributed by atoms with Crippen LogP contribution in [0.1, 0.15) is 64.2 Å². The van der Waals surface area contributed by atoms with Crippen molar-refractivity contribution in [2.75, 3.05) is 7.11 Å². The second-order valence-corrected chi connectivity index (χ2v) is 9.28. The van der Waals surface area contributed by atoms with Crippen LogP contribution in [0.3, 0.4) is 0 Å². The SMILES string of the molecule is CCC(CC)(CC(=O)c1ccc(-c2ccc(OC)cc2)cc1)C(C(=O)O)C(=O)OC(C)(C)C. The number of carbonyl (C=O) groups is 3. The Labute approximate surface area is 195 Å². The molecule has 6 heteroatoms. The van der Waals surface area contributed by atoms with Crippen molar-refractivity contribution in [2.45, 2.75) is 59.5 Å². The third-order valence-electron chi connectivity index (χ3n) is 6.05. The fourth-order valence-electron chi connectivity index (χ4n) is 4.04. The highest BCUT2D eigenvalue weighted by Gasteiger charge is 2.48. The number of benzene rings is 2. The van der Waals surface area contributed by atoms with Gasteiger partial charge in [0.25, 0.3) is 0 Å². The van der Waals surface area contributed by atoms with Gasteiger partial charge in [-0.25, -0.2) is 0 Å². The summed E-state index contributed by atoms with van der Waals surface area (Å²) in [7, 11) is 1.61. The van der Waals surface area contributed by atoms with Gasteiger partial charge in [0, 0.05) is 17.4 Å². The number of hydrogen-bond acceptors (Lipinski definition) is 5. The third kappa shape index (κ3) is 6.44.